The number of hydrogen-bond acceptors (Lipinski definition) is 4. The van der Waals surface area contributed by atoms with Crippen molar-refractivity contribution in [1.29, 1.82) is 4.78 Å². The SMILES string of the molecule is N=S(=O)(c1ccc(N)cc1)c1ccc(N)cc1. The maximum absolute atomic E-state index is 12.4. The molecule has 0 aromatic heterocycles. The maximum Gasteiger partial charge on any atom is 0.101 e. The lowest BCUT2D eigenvalue weighted by molar-refractivity contribution is 0.674. The van der Waals surface area contributed by atoms with Crippen molar-refractivity contribution in [2.75, 3.05) is 11.5 Å². The third-order valence-corrected chi connectivity index (χ3v) is 4.30. The van der Waals surface area contributed by atoms with Gasteiger partial charge < -0.3 is 11.5 Å². The van der Waals surface area contributed by atoms with Gasteiger partial charge in [-0.15, -0.1) is 0 Å². The fraction of sp³-hybridized carbons (Fsp3) is 0. The number of anilines is 2. The van der Waals surface area contributed by atoms with Gasteiger partial charge in [-0.25, -0.2) is 8.99 Å². The third-order valence-electron chi connectivity index (χ3n) is 2.42. The summed E-state index contributed by atoms with van der Waals surface area (Å²) in [5.74, 6) is 0. The van der Waals surface area contributed by atoms with Crippen molar-refractivity contribution < 1.29 is 4.21 Å². The summed E-state index contributed by atoms with van der Waals surface area (Å²) in [7, 11) is -2.98. The van der Waals surface area contributed by atoms with Crippen LogP contribution in [0.15, 0.2) is 58.3 Å². The molecule has 0 spiro atoms. The molecule has 0 atom stereocenters. The monoisotopic (exact) mass is 247 g/mol. The summed E-state index contributed by atoms with van der Waals surface area (Å²) in [5.41, 5.74) is 12.3. The zero-order valence-corrected chi connectivity index (χ0v) is 9.91. The van der Waals surface area contributed by atoms with E-state index >= 15 is 0 Å². The molecule has 0 aliphatic carbocycles. The molecule has 2 aromatic rings. The second-order valence-electron chi connectivity index (χ2n) is 3.69. The number of nitrogens with two attached hydrogens (primary N) is 2. The van der Waals surface area contributed by atoms with Crippen molar-refractivity contribution >= 4 is 21.1 Å². The Hall–Kier alpha value is -2.01. The van der Waals surface area contributed by atoms with Gasteiger partial charge in [-0.3, -0.25) is 0 Å². The molecule has 0 bridgehead atoms. The Balaban J connectivity index is 2.50. The Morgan fingerprint density at radius 3 is 1.35 bits per heavy atom. The van der Waals surface area contributed by atoms with Crippen LogP contribution >= 0.6 is 0 Å². The summed E-state index contributed by atoms with van der Waals surface area (Å²) >= 11 is 0. The van der Waals surface area contributed by atoms with Crippen LogP contribution in [-0.2, 0) is 9.73 Å². The van der Waals surface area contributed by atoms with Crippen molar-refractivity contribution in [3.8, 4) is 0 Å². The van der Waals surface area contributed by atoms with Gasteiger partial charge in [0.2, 0.25) is 0 Å². The molecule has 0 fully saturated rings. The van der Waals surface area contributed by atoms with E-state index < -0.39 is 9.73 Å². The molecule has 0 heterocycles. The smallest absolute Gasteiger partial charge is 0.101 e. The average Bonchev–Trinajstić information content (AvgIpc) is 2.30. The summed E-state index contributed by atoms with van der Waals surface area (Å²) < 4.78 is 20.4. The van der Waals surface area contributed by atoms with Crippen LogP contribution in [0.5, 0.6) is 0 Å². The van der Waals surface area contributed by atoms with Crippen molar-refractivity contribution in [1.82, 2.24) is 0 Å². The Kier molecular flexibility index (Phi) is 2.77. The first-order chi connectivity index (χ1) is 8.00. The van der Waals surface area contributed by atoms with Crippen LogP contribution in [0.3, 0.4) is 0 Å². The summed E-state index contributed by atoms with van der Waals surface area (Å²) in [5, 5.41) is 0. The second kappa shape index (κ2) is 4.10. The molecule has 2 aromatic carbocycles. The number of nitrogens with one attached hydrogen (secondary N) is 1. The van der Waals surface area contributed by atoms with Gasteiger partial charge >= 0.3 is 0 Å². The van der Waals surface area contributed by atoms with Crippen LogP contribution in [0.2, 0.25) is 0 Å². The molecular weight excluding hydrogens is 234 g/mol. The largest absolute Gasteiger partial charge is 0.399 e. The van der Waals surface area contributed by atoms with Gasteiger partial charge in [0, 0.05) is 11.4 Å². The van der Waals surface area contributed by atoms with E-state index in [1.165, 1.54) is 0 Å². The van der Waals surface area contributed by atoms with Crippen molar-refractivity contribution in [2.24, 2.45) is 0 Å². The van der Waals surface area contributed by atoms with E-state index in [9.17, 15) is 4.21 Å². The zero-order chi connectivity index (χ0) is 12.5. The Morgan fingerprint density at radius 2 is 1.06 bits per heavy atom. The molecule has 0 amide bonds. The first kappa shape index (κ1) is 11.5. The number of hydrogen-bond donors (Lipinski definition) is 3. The number of rotatable bonds is 2. The Labute approximate surface area is 100 Å². The van der Waals surface area contributed by atoms with Crippen molar-refractivity contribution in [2.45, 2.75) is 9.79 Å². The predicted octanol–water partition coefficient (Wildman–Crippen LogP) is 2.32. The molecule has 5 N–H and O–H groups in total. The first-order valence-corrected chi connectivity index (χ1v) is 6.56. The number of nitrogen functional groups attached to an aromatic ring is 2. The molecular formula is C12H13N3OS. The highest BCUT2D eigenvalue weighted by atomic mass is 32.2. The normalized spacial score (nSPS) is 11.3. The van der Waals surface area contributed by atoms with Gasteiger partial charge in [-0.2, -0.15) is 0 Å². The summed E-state index contributed by atoms with van der Waals surface area (Å²) in [6, 6.07) is 13.0. The van der Waals surface area contributed by atoms with Crippen LogP contribution in [-0.4, -0.2) is 4.21 Å². The van der Waals surface area contributed by atoms with E-state index in [1.807, 2.05) is 0 Å². The van der Waals surface area contributed by atoms with Crippen molar-refractivity contribution in [3.63, 3.8) is 0 Å². The van der Waals surface area contributed by atoms with Crippen LogP contribution < -0.4 is 11.5 Å². The highest BCUT2D eigenvalue weighted by Gasteiger charge is 2.12. The van der Waals surface area contributed by atoms with Crippen molar-refractivity contribution in [3.05, 3.63) is 48.5 Å². The minimum atomic E-state index is -2.98. The fourth-order valence-electron chi connectivity index (χ4n) is 1.46. The molecule has 5 heteroatoms. The minimum Gasteiger partial charge on any atom is -0.399 e. The summed E-state index contributed by atoms with van der Waals surface area (Å²) in [6.45, 7) is 0. The van der Waals surface area contributed by atoms with Gasteiger partial charge in [0.15, 0.2) is 0 Å². The molecule has 0 saturated heterocycles. The van der Waals surface area contributed by atoms with Gasteiger partial charge in [0.1, 0.15) is 9.73 Å². The topological polar surface area (TPSA) is 93.0 Å². The lowest BCUT2D eigenvalue weighted by atomic mass is 10.3. The second-order valence-corrected chi connectivity index (χ2v) is 5.75. The summed E-state index contributed by atoms with van der Waals surface area (Å²) in [6.07, 6.45) is 0. The van der Waals surface area contributed by atoms with Gasteiger partial charge in [0.25, 0.3) is 0 Å². The third kappa shape index (κ3) is 2.24. The van der Waals surface area contributed by atoms with E-state index in [0.29, 0.717) is 21.2 Å². The highest BCUT2D eigenvalue weighted by Crippen LogP contribution is 2.23. The average molecular weight is 247 g/mol. The fourth-order valence-corrected chi connectivity index (χ4v) is 2.77. The quantitative estimate of drug-likeness (QED) is 0.711. The lowest BCUT2D eigenvalue weighted by Gasteiger charge is -2.08. The first-order valence-electron chi connectivity index (χ1n) is 5.00. The molecule has 0 aliphatic heterocycles. The molecule has 0 unspecified atom stereocenters. The molecule has 2 rings (SSSR count). The molecule has 17 heavy (non-hydrogen) atoms. The zero-order valence-electron chi connectivity index (χ0n) is 9.09. The number of benzene rings is 2. The Morgan fingerprint density at radius 1 is 0.765 bits per heavy atom. The molecule has 0 saturated carbocycles. The summed E-state index contributed by atoms with van der Waals surface area (Å²) in [4.78, 5) is 0.882. The minimum absolute atomic E-state index is 0.441. The van der Waals surface area contributed by atoms with Crippen LogP contribution in [0, 0.1) is 4.78 Å². The van der Waals surface area contributed by atoms with Gasteiger partial charge in [-0.05, 0) is 48.5 Å². The predicted molar refractivity (Wildman–Crippen MR) is 69.1 cm³/mol. The maximum atomic E-state index is 12.4. The molecule has 4 nitrogen and oxygen atoms in total. The molecule has 88 valence electrons. The van der Waals surface area contributed by atoms with Gasteiger partial charge in [-0.1, -0.05) is 0 Å². The Bertz CT molecular complexity index is 564. The van der Waals surface area contributed by atoms with Crippen LogP contribution in [0.25, 0.3) is 0 Å². The molecule has 0 aliphatic rings. The van der Waals surface area contributed by atoms with Gasteiger partial charge in [0.05, 0.1) is 9.79 Å². The standard InChI is InChI=1S/C12H13N3OS/c13-9-1-5-11(6-2-9)17(15,16)12-7-3-10(14)4-8-12/h1-8,15H,13-14H2. The molecule has 0 radical (unpaired) electrons. The van der Waals surface area contributed by atoms with E-state index in [4.69, 9.17) is 16.2 Å². The lowest BCUT2D eigenvalue weighted by Crippen LogP contribution is -2.00. The highest BCUT2D eigenvalue weighted by molar-refractivity contribution is 7.92. The van der Waals surface area contributed by atoms with E-state index in [1.54, 1.807) is 48.5 Å². The van der Waals surface area contributed by atoms with Crippen LogP contribution in [0.4, 0.5) is 11.4 Å². The van der Waals surface area contributed by atoms with Crippen LogP contribution in [0.1, 0.15) is 0 Å². The van der Waals surface area contributed by atoms with E-state index in [0.717, 1.165) is 0 Å². The van der Waals surface area contributed by atoms with E-state index in [2.05, 4.69) is 0 Å². The van der Waals surface area contributed by atoms with E-state index in [-0.39, 0.29) is 0 Å².